The van der Waals surface area contributed by atoms with Gasteiger partial charge in [-0.15, -0.1) is 0 Å². The Bertz CT molecular complexity index is 554. The predicted octanol–water partition coefficient (Wildman–Crippen LogP) is 3.49. The van der Waals surface area contributed by atoms with Crippen LogP contribution >= 0.6 is 0 Å². The molecule has 1 aliphatic carbocycles. The Morgan fingerprint density at radius 2 is 2.30 bits per heavy atom. The molecule has 1 unspecified atom stereocenters. The van der Waals surface area contributed by atoms with Gasteiger partial charge in [-0.2, -0.15) is 0 Å². The molecule has 1 aliphatic heterocycles. The second kappa shape index (κ2) is 6.87. The van der Waals surface area contributed by atoms with Gasteiger partial charge in [-0.1, -0.05) is 25.5 Å². The fourth-order valence-electron chi connectivity index (χ4n) is 3.45. The minimum absolute atomic E-state index is 0.0329. The van der Waals surface area contributed by atoms with Gasteiger partial charge in [0, 0.05) is 13.1 Å². The van der Waals surface area contributed by atoms with Crippen LogP contribution in [0.2, 0.25) is 0 Å². The van der Waals surface area contributed by atoms with E-state index in [1.165, 1.54) is 31.4 Å². The van der Waals surface area contributed by atoms with Crippen LogP contribution < -0.4 is 5.32 Å². The molecule has 1 aromatic carbocycles. The van der Waals surface area contributed by atoms with Gasteiger partial charge in [-0.25, -0.2) is 9.18 Å². The lowest BCUT2D eigenvalue weighted by molar-refractivity contribution is -0.0163. The summed E-state index contributed by atoms with van der Waals surface area (Å²) in [5, 5.41) is 3.09. The van der Waals surface area contributed by atoms with Gasteiger partial charge in [0.05, 0.1) is 13.2 Å². The first kappa shape index (κ1) is 16.2. The van der Waals surface area contributed by atoms with Crippen molar-refractivity contribution in [3.8, 4) is 0 Å². The van der Waals surface area contributed by atoms with Gasteiger partial charge < -0.3 is 15.0 Å². The first-order valence-electron chi connectivity index (χ1n) is 8.52. The molecule has 3 rings (SSSR count). The second-order valence-electron chi connectivity index (χ2n) is 6.73. The van der Waals surface area contributed by atoms with Crippen molar-refractivity contribution >= 4 is 6.03 Å². The average Bonchev–Trinajstić information content (AvgIpc) is 2.54. The van der Waals surface area contributed by atoms with Gasteiger partial charge in [-0.3, -0.25) is 0 Å². The molecule has 0 spiro atoms. The summed E-state index contributed by atoms with van der Waals surface area (Å²) in [6.45, 7) is 4.48. The van der Waals surface area contributed by atoms with Crippen molar-refractivity contribution < 1.29 is 13.9 Å². The highest BCUT2D eigenvalue weighted by atomic mass is 19.1. The third kappa shape index (κ3) is 3.66. The van der Waals surface area contributed by atoms with Crippen molar-refractivity contribution in [3.05, 3.63) is 35.6 Å². The fourth-order valence-corrected chi connectivity index (χ4v) is 3.45. The van der Waals surface area contributed by atoms with Crippen molar-refractivity contribution in [3.63, 3.8) is 0 Å². The molecule has 0 radical (unpaired) electrons. The maximum atomic E-state index is 13.4. The van der Waals surface area contributed by atoms with Crippen LogP contribution in [0.3, 0.4) is 0 Å². The standard InChI is InChI=1S/C18H25FN2O2/c1-2-18(7-4-8-18)13-20-17(22)21-9-10-23-16(12-21)14-5-3-6-15(19)11-14/h3,5-6,11,16H,2,4,7-10,12-13H2,1H3,(H,20,22). The molecular formula is C18H25FN2O2. The van der Waals surface area contributed by atoms with E-state index in [0.29, 0.717) is 25.1 Å². The smallest absolute Gasteiger partial charge is 0.317 e. The predicted molar refractivity (Wildman–Crippen MR) is 86.6 cm³/mol. The SMILES string of the molecule is CCC1(CNC(=O)N2CCOC(c3cccc(F)c3)C2)CCC1. The van der Waals surface area contributed by atoms with E-state index in [1.54, 1.807) is 11.0 Å². The molecule has 4 nitrogen and oxygen atoms in total. The third-order valence-corrected chi connectivity index (χ3v) is 5.35. The lowest BCUT2D eigenvalue weighted by Gasteiger charge is -2.42. The summed E-state index contributed by atoms with van der Waals surface area (Å²) in [5.74, 6) is -0.275. The van der Waals surface area contributed by atoms with Crippen LogP contribution in [0.4, 0.5) is 9.18 Å². The average molecular weight is 320 g/mol. The number of carbonyl (C=O) groups excluding carboxylic acids is 1. The van der Waals surface area contributed by atoms with Crippen LogP contribution in [0, 0.1) is 11.2 Å². The van der Waals surface area contributed by atoms with Gasteiger partial charge >= 0.3 is 6.03 Å². The topological polar surface area (TPSA) is 41.6 Å². The number of hydrogen-bond acceptors (Lipinski definition) is 2. The molecule has 0 aromatic heterocycles. The molecule has 126 valence electrons. The Labute approximate surface area is 137 Å². The number of ether oxygens (including phenoxy) is 1. The Morgan fingerprint density at radius 1 is 1.48 bits per heavy atom. The highest BCUT2D eigenvalue weighted by molar-refractivity contribution is 5.74. The van der Waals surface area contributed by atoms with Crippen LogP contribution in [0.5, 0.6) is 0 Å². The Hall–Kier alpha value is -1.62. The number of nitrogens with one attached hydrogen (secondary N) is 1. The lowest BCUT2D eigenvalue weighted by Crippen LogP contribution is -2.50. The summed E-state index contributed by atoms with van der Waals surface area (Å²) in [6.07, 6.45) is 4.54. The first-order valence-corrected chi connectivity index (χ1v) is 8.52. The number of nitrogens with zero attached hydrogens (tertiary/aromatic N) is 1. The summed E-state index contributed by atoms with van der Waals surface area (Å²) < 4.78 is 19.1. The van der Waals surface area contributed by atoms with Crippen molar-refractivity contribution in [2.24, 2.45) is 5.41 Å². The molecule has 1 atom stereocenters. The monoisotopic (exact) mass is 320 g/mol. The van der Waals surface area contributed by atoms with Gasteiger partial charge in [0.25, 0.3) is 0 Å². The minimum Gasteiger partial charge on any atom is -0.370 e. The summed E-state index contributed by atoms with van der Waals surface area (Å²) in [7, 11) is 0. The van der Waals surface area contributed by atoms with Gasteiger partial charge in [0.1, 0.15) is 11.9 Å². The largest absolute Gasteiger partial charge is 0.370 e. The van der Waals surface area contributed by atoms with Crippen molar-refractivity contribution in [1.29, 1.82) is 0 Å². The van der Waals surface area contributed by atoms with Gasteiger partial charge in [-0.05, 0) is 42.4 Å². The zero-order valence-electron chi connectivity index (χ0n) is 13.7. The molecule has 1 N–H and O–H groups in total. The van der Waals surface area contributed by atoms with Crippen LogP contribution in [0.1, 0.15) is 44.3 Å². The van der Waals surface area contributed by atoms with E-state index in [9.17, 15) is 9.18 Å². The van der Waals surface area contributed by atoms with E-state index in [0.717, 1.165) is 18.5 Å². The zero-order valence-corrected chi connectivity index (χ0v) is 13.7. The number of halogens is 1. The molecule has 1 saturated heterocycles. The summed E-state index contributed by atoms with van der Waals surface area (Å²) in [5.41, 5.74) is 1.09. The minimum atomic E-state index is -0.275. The quantitative estimate of drug-likeness (QED) is 0.922. The number of urea groups is 1. The molecule has 1 saturated carbocycles. The Kier molecular flexibility index (Phi) is 4.85. The molecule has 1 aromatic rings. The summed E-state index contributed by atoms with van der Waals surface area (Å²) in [6, 6.07) is 6.38. The highest BCUT2D eigenvalue weighted by Crippen LogP contribution is 2.43. The van der Waals surface area contributed by atoms with E-state index in [-0.39, 0.29) is 18.0 Å². The highest BCUT2D eigenvalue weighted by Gasteiger charge is 2.36. The van der Waals surface area contributed by atoms with Crippen molar-refractivity contribution in [1.82, 2.24) is 10.2 Å². The lowest BCUT2D eigenvalue weighted by atomic mass is 9.67. The Balaban J connectivity index is 1.56. The van der Waals surface area contributed by atoms with E-state index in [2.05, 4.69) is 12.2 Å². The molecule has 2 amide bonds. The molecule has 0 bridgehead atoms. The normalized spacial score (nSPS) is 23.2. The molecule has 5 heteroatoms. The zero-order chi connectivity index (χ0) is 16.3. The second-order valence-corrected chi connectivity index (χ2v) is 6.73. The maximum Gasteiger partial charge on any atom is 0.317 e. The fraction of sp³-hybridized carbons (Fsp3) is 0.611. The first-order chi connectivity index (χ1) is 11.1. The van der Waals surface area contributed by atoms with E-state index >= 15 is 0 Å². The van der Waals surface area contributed by atoms with Crippen LogP contribution in [-0.2, 0) is 4.74 Å². The summed E-state index contributed by atoms with van der Waals surface area (Å²) in [4.78, 5) is 14.2. The van der Waals surface area contributed by atoms with Crippen LogP contribution in [-0.4, -0.2) is 37.2 Å². The van der Waals surface area contributed by atoms with Crippen molar-refractivity contribution in [2.45, 2.75) is 38.7 Å². The van der Waals surface area contributed by atoms with E-state index in [4.69, 9.17) is 4.74 Å². The number of hydrogen-bond donors (Lipinski definition) is 1. The molecule has 2 aliphatic rings. The molecule has 1 heterocycles. The third-order valence-electron chi connectivity index (χ3n) is 5.35. The number of carbonyl (C=O) groups is 1. The number of rotatable bonds is 4. The van der Waals surface area contributed by atoms with Gasteiger partial charge in [0.2, 0.25) is 0 Å². The van der Waals surface area contributed by atoms with Crippen LogP contribution in [0.15, 0.2) is 24.3 Å². The molecule has 2 fully saturated rings. The maximum absolute atomic E-state index is 13.4. The number of benzene rings is 1. The van der Waals surface area contributed by atoms with Crippen LogP contribution in [0.25, 0.3) is 0 Å². The summed E-state index contributed by atoms with van der Waals surface area (Å²) >= 11 is 0. The molecular weight excluding hydrogens is 295 g/mol. The van der Waals surface area contributed by atoms with E-state index < -0.39 is 0 Å². The Morgan fingerprint density at radius 3 is 2.96 bits per heavy atom. The van der Waals surface area contributed by atoms with E-state index in [1.807, 2.05) is 6.07 Å². The molecule has 23 heavy (non-hydrogen) atoms. The number of morpholine rings is 1. The van der Waals surface area contributed by atoms with Gasteiger partial charge in [0.15, 0.2) is 0 Å². The number of amides is 2. The van der Waals surface area contributed by atoms with Crippen molar-refractivity contribution in [2.75, 3.05) is 26.2 Å².